The number of carbonyl (C=O) groups excluding carboxylic acids is 1. The molecule has 0 bridgehead atoms. The van der Waals surface area contributed by atoms with Crippen molar-refractivity contribution < 1.29 is 17.9 Å². The van der Waals surface area contributed by atoms with E-state index >= 15 is 0 Å². The van der Waals surface area contributed by atoms with Gasteiger partial charge < -0.3 is 10.1 Å². The molecule has 0 fully saturated rings. The zero-order valence-corrected chi connectivity index (χ0v) is 16.9. The van der Waals surface area contributed by atoms with E-state index < -0.39 is 10.0 Å². The fourth-order valence-electron chi connectivity index (χ4n) is 2.45. The lowest BCUT2D eigenvalue weighted by molar-refractivity contribution is 0.0952. The molecule has 0 aromatic heterocycles. The van der Waals surface area contributed by atoms with Crippen molar-refractivity contribution in [3.63, 3.8) is 0 Å². The smallest absolute Gasteiger partial charge is 0.262 e. The molecule has 0 aliphatic heterocycles. The number of sulfonamides is 1. The van der Waals surface area contributed by atoms with E-state index in [1.54, 1.807) is 18.2 Å². The second-order valence-corrected chi connectivity index (χ2v) is 8.06. The molecule has 2 N–H and O–H groups in total. The number of benzene rings is 2. The van der Waals surface area contributed by atoms with Crippen LogP contribution in [0.4, 0.5) is 5.69 Å². The van der Waals surface area contributed by atoms with Crippen LogP contribution in [0.5, 0.6) is 5.75 Å². The minimum absolute atomic E-state index is 0.0225. The van der Waals surface area contributed by atoms with E-state index in [0.29, 0.717) is 17.3 Å². The summed E-state index contributed by atoms with van der Waals surface area (Å²) in [5.41, 5.74) is 0.506. The summed E-state index contributed by atoms with van der Waals surface area (Å²) in [6, 6.07) is 10.5. The summed E-state index contributed by atoms with van der Waals surface area (Å²) in [4.78, 5) is 12.2. The highest BCUT2D eigenvalue weighted by atomic mass is 35.5. The number of ether oxygens (including phenoxy) is 1. The van der Waals surface area contributed by atoms with Gasteiger partial charge in [-0.05, 0) is 42.8 Å². The number of methoxy groups -OCH3 is 1. The Morgan fingerprint density at radius 2 is 1.93 bits per heavy atom. The van der Waals surface area contributed by atoms with E-state index in [4.69, 9.17) is 16.3 Å². The third kappa shape index (κ3) is 5.87. The quantitative estimate of drug-likeness (QED) is 0.610. The van der Waals surface area contributed by atoms with E-state index in [9.17, 15) is 13.2 Å². The molecule has 0 spiro atoms. The number of anilines is 1. The van der Waals surface area contributed by atoms with Crippen LogP contribution >= 0.6 is 11.6 Å². The molecule has 8 heteroatoms. The van der Waals surface area contributed by atoms with Gasteiger partial charge in [-0.15, -0.1) is 0 Å². The highest BCUT2D eigenvalue weighted by Crippen LogP contribution is 2.29. The minimum atomic E-state index is -3.92. The fourth-order valence-corrected chi connectivity index (χ4v) is 3.73. The Balaban J connectivity index is 2.19. The van der Waals surface area contributed by atoms with Crippen molar-refractivity contribution in [1.82, 2.24) is 5.32 Å². The molecule has 0 saturated heterocycles. The topological polar surface area (TPSA) is 84.5 Å². The molecule has 146 valence electrons. The Morgan fingerprint density at radius 3 is 2.63 bits per heavy atom. The Bertz CT molecular complexity index is 900. The molecular weight excluding hydrogens is 388 g/mol. The second-order valence-electron chi connectivity index (χ2n) is 5.94. The lowest BCUT2D eigenvalue weighted by Gasteiger charge is -2.13. The third-order valence-corrected chi connectivity index (χ3v) is 5.48. The monoisotopic (exact) mass is 410 g/mol. The number of amides is 1. The van der Waals surface area contributed by atoms with E-state index in [2.05, 4.69) is 17.0 Å². The number of halogens is 1. The van der Waals surface area contributed by atoms with Gasteiger partial charge in [0.2, 0.25) is 0 Å². The second kappa shape index (κ2) is 9.62. The molecule has 1 amide bonds. The van der Waals surface area contributed by atoms with Gasteiger partial charge in [0.05, 0.1) is 17.7 Å². The number of unbranched alkanes of at least 4 members (excludes halogenated alkanes) is 2. The van der Waals surface area contributed by atoms with Gasteiger partial charge in [0.1, 0.15) is 5.75 Å². The summed E-state index contributed by atoms with van der Waals surface area (Å²) in [7, 11) is -2.48. The van der Waals surface area contributed by atoms with Crippen LogP contribution < -0.4 is 14.8 Å². The summed E-state index contributed by atoms with van der Waals surface area (Å²) in [6.07, 6.45) is 2.97. The third-order valence-electron chi connectivity index (χ3n) is 3.88. The molecule has 2 rings (SSSR count). The Hall–Kier alpha value is -2.25. The van der Waals surface area contributed by atoms with Gasteiger partial charge in [0.15, 0.2) is 0 Å². The molecule has 2 aromatic carbocycles. The fraction of sp³-hybridized carbons (Fsp3) is 0.316. The maximum atomic E-state index is 12.7. The van der Waals surface area contributed by atoms with E-state index in [0.717, 1.165) is 19.3 Å². The first kappa shape index (κ1) is 21.1. The minimum Gasteiger partial charge on any atom is -0.495 e. The van der Waals surface area contributed by atoms with Gasteiger partial charge in [-0.3, -0.25) is 9.52 Å². The summed E-state index contributed by atoms with van der Waals surface area (Å²) >= 11 is 5.94. The van der Waals surface area contributed by atoms with Crippen LogP contribution in [0.1, 0.15) is 36.5 Å². The van der Waals surface area contributed by atoms with E-state index in [1.807, 2.05) is 0 Å². The summed E-state index contributed by atoms with van der Waals surface area (Å²) in [5, 5.41) is 3.17. The van der Waals surface area contributed by atoms with Gasteiger partial charge in [-0.2, -0.15) is 0 Å². The van der Waals surface area contributed by atoms with Crippen molar-refractivity contribution in [2.45, 2.75) is 31.1 Å². The average Bonchev–Trinajstić information content (AvgIpc) is 2.65. The number of hydrogen-bond acceptors (Lipinski definition) is 4. The zero-order chi connectivity index (χ0) is 19.9. The Labute approximate surface area is 164 Å². The van der Waals surface area contributed by atoms with Crippen molar-refractivity contribution >= 4 is 33.2 Å². The molecule has 6 nitrogen and oxygen atoms in total. The van der Waals surface area contributed by atoms with E-state index in [1.165, 1.54) is 31.4 Å². The first-order chi connectivity index (χ1) is 12.9. The summed E-state index contributed by atoms with van der Waals surface area (Å²) in [6.45, 7) is 2.64. The van der Waals surface area contributed by atoms with Crippen LogP contribution in [0.3, 0.4) is 0 Å². The lowest BCUT2D eigenvalue weighted by atomic mass is 10.2. The van der Waals surface area contributed by atoms with Crippen LogP contribution in [0.15, 0.2) is 47.4 Å². The number of hydrogen-bond donors (Lipinski definition) is 2. The predicted molar refractivity (Wildman–Crippen MR) is 107 cm³/mol. The van der Waals surface area contributed by atoms with Crippen LogP contribution in [0.25, 0.3) is 0 Å². The van der Waals surface area contributed by atoms with Crippen LogP contribution in [-0.2, 0) is 10.0 Å². The van der Waals surface area contributed by atoms with Crippen molar-refractivity contribution in [3.05, 3.63) is 53.1 Å². The molecule has 0 aliphatic rings. The number of carbonyl (C=O) groups is 1. The van der Waals surface area contributed by atoms with Crippen molar-refractivity contribution in [1.29, 1.82) is 0 Å². The Morgan fingerprint density at radius 1 is 1.15 bits per heavy atom. The molecule has 0 aliphatic carbocycles. The standard InChI is InChI=1S/C19H23ClN2O4S/c1-3-4-5-11-21-19(23)14-7-6-8-16(12-14)27(24,25)22-17-13-15(20)9-10-18(17)26-2/h6-10,12-13,22H,3-5,11H2,1-2H3,(H,21,23). The first-order valence-electron chi connectivity index (χ1n) is 8.62. The highest BCUT2D eigenvalue weighted by Gasteiger charge is 2.18. The molecule has 0 atom stereocenters. The van der Waals surface area contributed by atoms with E-state index in [-0.39, 0.29) is 22.1 Å². The maximum absolute atomic E-state index is 12.7. The van der Waals surface area contributed by atoms with Crippen LogP contribution in [-0.4, -0.2) is 28.0 Å². The zero-order valence-electron chi connectivity index (χ0n) is 15.3. The maximum Gasteiger partial charge on any atom is 0.262 e. The molecule has 0 heterocycles. The highest BCUT2D eigenvalue weighted by molar-refractivity contribution is 7.92. The first-order valence-corrected chi connectivity index (χ1v) is 10.5. The normalized spacial score (nSPS) is 11.1. The average molecular weight is 411 g/mol. The lowest BCUT2D eigenvalue weighted by Crippen LogP contribution is -2.24. The van der Waals surface area contributed by atoms with Gasteiger partial charge in [-0.1, -0.05) is 37.4 Å². The molecule has 0 saturated carbocycles. The van der Waals surface area contributed by atoms with Crippen LogP contribution in [0, 0.1) is 0 Å². The van der Waals surface area contributed by atoms with Crippen molar-refractivity contribution in [2.24, 2.45) is 0 Å². The molecule has 0 unspecified atom stereocenters. The largest absolute Gasteiger partial charge is 0.495 e. The van der Waals surface area contributed by atoms with Gasteiger partial charge >= 0.3 is 0 Å². The predicted octanol–water partition coefficient (Wildman–Crippen LogP) is 4.07. The van der Waals surface area contributed by atoms with Crippen LogP contribution in [0.2, 0.25) is 5.02 Å². The van der Waals surface area contributed by atoms with Gasteiger partial charge in [0.25, 0.3) is 15.9 Å². The van der Waals surface area contributed by atoms with Gasteiger partial charge in [-0.25, -0.2) is 8.42 Å². The number of nitrogens with one attached hydrogen (secondary N) is 2. The van der Waals surface area contributed by atoms with Crippen molar-refractivity contribution in [2.75, 3.05) is 18.4 Å². The molecular formula is C19H23ClN2O4S. The molecule has 2 aromatic rings. The van der Waals surface area contributed by atoms with Gasteiger partial charge in [0, 0.05) is 17.1 Å². The Kier molecular flexibility index (Phi) is 7.50. The summed E-state index contributed by atoms with van der Waals surface area (Å²) in [5.74, 6) is 0.0382. The molecule has 0 radical (unpaired) electrons. The summed E-state index contributed by atoms with van der Waals surface area (Å²) < 4.78 is 33.0. The molecule has 27 heavy (non-hydrogen) atoms. The SMILES string of the molecule is CCCCCNC(=O)c1cccc(S(=O)(=O)Nc2cc(Cl)ccc2OC)c1. The van der Waals surface area contributed by atoms with Crippen molar-refractivity contribution in [3.8, 4) is 5.75 Å². The number of rotatable bonds is 9.